The molecule has 0 spiro atoms. The van der Waals surface area contributed by atoms with Crippen LogP contribution in [-0.2, 0) is 10.3 Å². The molecule has 1 aromatic rings. The number of benzene rings is 1. The lowest BCUT2D eigenvalue weighted by Gasteiger charge is -2.22. The summed E-state index contributed by atoms with van der Waals surface area (Å²) in [7, 11) is 3.15. The lowest BCUT2D eigenvalue weighted by molar-refractivity contribution is 0.0702. The minimum Gasteiger partial charge on any atom is -0.493 e. The predicted molar refractivity (Wildman–Crippen MR) is 61.4 cm³/mol. The van der Waals surface area contributed by atoms with E-state index in [1.807, 2.05) is 19.1 Å². The maximum absolute atomic E-state index is 11.1. The average Bonchev–Trinajstić information content (AvgIpc) is 2.69. The molecule has 92 valence electrons. The summed E-state index contributed by atoms with van der Waals surface area (Å²) in [5, 5.41) is 2.64. The number of hydrogen-bond donors (Lipinski definition) is 1. The van der Waals surface area contributed by atoms with E-state index in [-0.39, 0.29) is 0 Å². The van der Waals surface area contributed by atoms with Gasteiger partial charge < -0.3 is 19.5 Å². The van der Waals surface area contributed by atoms with Crippen molar-refractivity contribution in [2.24, 2.45) is 0 Å². The number of carbonyl (C=O) groups is 1. The summed E-state index contributed by atoms with van der Waals surface area (Å²) in [6.07, 6.45) is -0.401. The van der Waals surface area contributed by atoms with Crippen molar-refractivity contribution in [1.29, 1.82) is 0 Å². The van der Waals surface area contributed by atoms with Gasteiger partial charge in [0.25, 0.3) is 0 Å². The summed E-state index contributed by atoms with van der Waals surface area (Å²) < 4.78 is 15.6. The number of ether oxygens (including phenoxy) is 3. The van der Waals surface area contributed by atoms with Gasteiger partial charge in [-0.25, -0.2) is 4.79 Å². The van der Waals surface area contributed by atoms with Gasteiger partial charge in [-0.15, -0.1) is 0 Å². The van der Waals surface area contributed by atoms with Gasteiger partial charge in [0.15, 0.2) is 17.1 Å². The Bertz CT molecular complexity index is 446. The van der Waals surface area contributed by atoms with Gasteiger partial charge in [-0.05, 0) is 19.1 Å². The molecule has 1 aromatic carbocycles. The predicted octanol–water partition coefficient (Wildman–Crippen LogP) is 1.66. The normalized spacial score (nSPS) is 22.9. The standard InChI is InChI=1S/C12H15NO4/c1-12(7-13-11(14)17-12)8-4-5-9(15-2)10(6-8)16-3/h4-6H,7H2,1-3H3,(H,13,14). The van der Waals surface area contributed by atoms with Gasteiger partial charge >= 0.3 is 6.09 Å². The molecule has 0 bridgehead atoms. The maximum atomic E-state index is 11.1. The Kier molecular flexibility index (Phi) is 2.83. The van der Waals surface area contributed by atoms with Crippen molar-refractivity contribution in [1.82, 2.24) is 5.32 Å². The van der Waals surface area contributed by atoms with Crippen LogP contribution in [0.3, 0.4) is 0 Å². The third-order valence-corrected chi connectivity index (χ3v) is 2.88. The molecule has 17 heavy (non-hydrogen) atoms. The van der Waals surface area contributed by atoms with Crippen molar-refractivity contribution in [3.05, 3.63) is 23.8 Å². The third-order valence-electron chi connectivity index (χ3n) is 2.88. The molecule has 1 aliphatic heterocycles. The van der Waals surface area contributed by atoms with Crippen LogP contribution in [0.4, 0.5) is 4.79 Å². The highest BCUT2D eigenvalue weighted by atomic mass is 16.6. The van der Waals surface area contributed by atoms with E-state index in [0.717, 1.165) is 5.56 Å². The molecule has 1 saturated heterocycles. The highest BCUT2D eigenvalue weighted by Crippen LogP contribution is 2.35. The maximum Gasteiger partial charge on any atom is 0.408 e. The van der Waals surface area contributed by atoms with Gasteiger partial charge in [-0.2, -0.15) is 0 Å². The number of amides is 1. The van der Waals surface area contributed by atoms with Crippen LogP contribution in [0.2, 0.25) is 0 Å². The van der Waals surface area contributed by atoms with Crippen molar-refractivity contribution in [2.75, 3.05) is 20.8 Å². The largest absolute Gasteiger partial charge is 0.493 e. The molecule has 1 fully saturated rings. The zero-order valence-corrected chi connectivity index (χ0v) is 10.1. The van der Waals surface area contributed by atoms with Gasteiger partial charge in [0.05, 0.1) is 20.8 Å². The van der Waals surface area contributed by atoms with Crippen LogP contribution in [0.1, 0.15) is 12.5 Å². The molecule has 1 atom stereocenters. The number of hydrogen-bond acceptors (Lipinski definition) is 4. The Morgan fingerprint density at radius 2 is 2.00 bits per heavy atom. The van der Waals surface area contributed by atoms with Crippen molar-refractivity contribution in [2.45, 2.75) is 12.5 Å². The molecule has 5 nitrogen and oxygen atoms in total. The zero-order chi connectivity index (χ0) is 12.5. The fraction of sp³-hybridized carbons (Fsp3) is 0.417. The van der Waals surface area contributed by atoms with E-state index in [4.69, 9.17) is 14.2 Å². The molecule has 1 aliphatic rings. The number of carbonyl (C=O) groups excluding carboxylic acids is 1. The molecule has 1 N–H and O–H groups in total. The van der Waals surface area contributed by atoms with Gasteiger partial charge in [-0.1, -0.05) is 6.07 Å². The van der Waals surface area contributed by atoms with Crippen molar-refractivity contribution < 1.29 is 19.0 Å². The monoisotopic (exact) mass is 237 g/mol. The first kappa shape index (κ1) is 11.6. The van der Waals surface area contributed by atoms with Gasteiger partial charge in [0, 0.05) is 5.56 Å². The molecule has 1 amide bonds. The molecule has 0 aromatic heterocycles. The molecule has 5 heteroatoms. The minimum absolute atomic E-state index is 0.401. The molecular weight excluding hydrogens is 222 g/mol. The fourth-order valence-corrected chi connectivity index (χ4v) is 1.84. The van der Waals surface area contributed by atoms with E-state index < -0.39 is 11.7 Å². The highest BCUT2D eigenvalue weighted by molar-refractivity contribution is 5.70. The minimum atomic E-state index is -0.656. The highest BCUT2D eigenvalue weighted by Gasteiger charge is 2.37. The number of methoxy groups -OCH3 is 2. The van der Waals surface area contributed by atoms with Crippen LogP contribution >= 0.6 is 0 Å². The van der Waals surface area contributed by atoms with Gasteiger partial charge in [0.2, 0.25) is 0 Å². The lowest BCUT2D eigenvalue weighted by Crippen LogP contribution is -2.26. The van der Waals surface area contributed by atoms with Crippen LogP contribution in [0.25, 0.3) is 0 Å². The number of nitrogens with one attached hydrogen (secondary N) is 1. The van der Waals surface area contributed by atoms with Gasteiger partial charge in [0.1, 0.15) is 0 Å². The van der Waals surface area contributed by atoms with Crippen LogP contribution in [0.5, 0.6) is 11.5 Å². The molecular formula is C12H15NO4. The van der Waals surface area contributed by atoms with E-state index in [0.29, 0.717) is 18.0 Å². The molecule has 1 heterocycles. The molecule has 1 unspecified atom stereocenters. The van der Waals surface area contributed by atoms with Crippen molar-refractivity contribution >= 4 is 6.09 Å². The SMILES string of the molecule is COc1ccc(C2(C)CNC(=O)O2)cc1OC. The Hall–Kier alpha value is -1.91. The number of cyclic esters (lactones) is 1. The van der Waals surface area contributed by atoms with E-state index in [1.165, 1.54) is 0 Å². The van der Waals surface area contributed by atoms with E-state index >= 15 is 0 Å². The summed E-state index contributed by atoms with van der Waals surface area (Å²) in [5.74, 6) is 1.27. The first-order chi connectivity index (χ1) is 8.09. The molecule has 0 saturated carbocycles. The smallest absolute Gasteiger partial charge is 0.408 e. The van der Waals surface area contributed by atoms with E-state index in [2.05, 4.69) is 5.32 Å². The summed E-state index contributed by atoms with van der Waals surface area (Å²) in [6, 6.07) is 5.48. The average molecular weight is 237 g/mol. The summed E-state index contributed by atoms with van der Waals surface area (Å²) in [4.78, 5) is 11.1. The molecule has 0 aliphatic carbocycles. The topological polar surface area (TPSA) is 56.8 Å². The van der Waals surface area contributed by atoms with Crippen LogP contribution in [-0.4, -0.2) is 26.9 Å². The van der Waals surface area contributed by atoms with Crippen LogP contribution in [0, 0.1) is 0 Å². The summed E-state index contributed by atoms with van der Waals surface area (Å²) >= 11 is 0. The van der Waals surface area contributed by atoms with Crippen molar-refractivity contribution in [3.8, 4) is 11.5 Å². The number of alkyl carbamates (subject to hydrolysis) is 1. The Morgan fingerprint density at radius 1 is 1.29 bits per heavy atom. The molecule has 0 radical (unpaired) electrons. The van der Waals surface area contributed by atoms with Gasteiger partial charge in [-0.3, -0.25) is 0 Å². The second kappa shape index (κ2) is 4.16. The zero-order valence-electron chi connectivity index (χ0n) is 10.1. The Labute approximate surface area is 99.7 Å². The molecule has 2 rings (SSSR count). The Balaban J connectivity index is 2.36. The third kappa shape index (κ3) is 2.00. The first-order valence-corrected chi connectivity index (χ1v) is 5.28. The fourth-order valence-electron chi connectivity index (χ4n) is 1.84. The second-order valence-electron chi connectivity index (χ2n) is 4.04. The Morgan fingerprint density at radius 3 is 2.53 bits per heavy atom. The lowest BCUT2D eigenvalue weighted by atomic mass is 9.96. The first-order valence-electron chi connectivity index (χ1n) is 5.28. The second-order valence-corrected chi connectivity index (χ2v) is 4.04. The summed E-state index contributed by atoms with van der Waals surface area (Å²) in [6.45, 7) is 2.30. The van der Waals surface area contributed by atoms with E-state index in [1.54, 1.807) is 20.3 Å². The van der Waals surface area contributed by atoms with Crippen LogP contribution < -0.4 is 14.8 Å². The quantitative estimate of drug-likeness (QED) is 0.868. The summed E-state index contributed by atoms with van der Waals surface area (Å²) in [5.41, 5.74) is 0.213. The van der Waals surface area contributed by atoms with Crippen LogP contribution in [0.15, 0.2) is 18.2 Å². The van der Waals surface area contributed by atoms with E-state index in [9.17, 15) is 4.79 Å². The van der Waals surface area contributed by atoms with Crippen molar-refractivity contribution in [3.63, 3.8) is 0 Å². The number of rotatable bonds is 3.